The molecule has 0 saturated heterocycles. The first-order valence-corrected chi connectivity index (χ1v) is 7.95. The van der Waals surface area contributed by atoms with Gasteiger partial charge in [0.15, 0.2) is 11.5 Å². The van der Waals surface area contributed by atoms with Crippen LogP contribution in [0.5, 0.6) is 11.5 Å². The first kappa shape index (κ1) is 18.3. The number of anilines is 1. The van der Waals surface area contributed by atoms with E-state index in [2.05, 4.69) is 12.2 Å². The van der Waals surface area contributed by atoms with Crippen LogP contribution in [-0.4, -0.2) is 25.2 Å². The van der Waals surface area contributed by atoms with Crippen molar-refractivity contribution in [2.75, 3.05) is 18.5 Å². The lowest BCUT2D eigenvalue weighted by atomic mass is 10.0. The van der Waals surface area contributed by atoms with E-state index in [1.54, 1.807) is 12.1 Å². The number of hydrogen-bond donors (Lipinski definition) is 2. The van der Waals surface area contributed by atoms with Crippen LogP contribution >= 0.6 is 0 Å². The third-order valence-corrected chi connectivity index (χ3v) is 3.16. The summed E-state index contributed by atoms with van der Waals surface area (Å²) in [4.78, 5) is 12.0. The zero-order valence-corrected chi connectivity index (χ0v) is 14.0. The van der Waals surface area contributed by atoms with Gasteiger partial charge in [-0.1, -0.05) is 27.7 Å². The first-order valence-electron chi connectivity index (χ1n) is 7.95. The van der Waals surface area contributed by atoms with Crippen LogP contribution in [0.4, 0.5) is 5.69 Å². The molecule has 1 atom stereocenters. The molecule has 5 nitrogen and oxygen atoms in total. The van der Waals surface area contributed by atoms with Crippen LogP contribution in [0, 0.1) is 5.92 Å². The van der Waals surface area contributed by atoms with Gasteiger partial charge in [0.1, 0.15) is 0 Å². The summed E-state index contributed by atoms with van der Waals surface area (Å²) < 4.78 is 11.4. The van der Waals surface area contributed by atoms with Gasteiger partial charge >= 0.3 is 0 Å². The fraction of sp³-hybridized carbons (Fsp3) is 0.588. The third kappa shape index (κ3) is 5.56. The van der Waals surface area contributed by atoms with Gasteiger partial charge in [0.05, 0.1) is 19.3 Å². The van der Waals surface area contributed by atoms with Crippen molar-refractivity contribution in [3.63, 3.8) is 0 Å². The summed E-state index contributed by atoms with van der Waals surface area (Å²) in [5.74, 6) is 1.23. The van der Waals surface area contributed by atoms with Crippen molar-refractivity contribution in [2.24, 2.45) is 11.7 Å². The van der Waals surface area contributed by atoms with Gasteiger partial charge in [-0.3, -0.25) is 4.79 Å². The highest BCUT2D eigenvalue weighted by atomic mass is 16.5. The van der Waals surface area contributed by atoms with Gasteiger partial charge < -0.3 is 20.5 Å². The smallest absolute Gasteiger partial charge is 0.241 e. The number of benzene rings is 1. The van der Waals surface area contributed by atoms with Crippen LogP contribution in [0.1, 0.15) is 40.5 Å². The van der Waals surface area contributed by atoms with E-state index in [9.17, 15) is 4.79 Å². The predicted octanol–water partition coefficient (Wildman–Crippen LogP) is 3.19. The molecular formula is C17H28N2O3. The Kier molecular flexibility index (Phi) is 7.74. The zero-order valence-electron chi connectivity index (χ0n) is 14.0. The summed E-state index contributed by atoms with van der Waals surface area (Å²) in [6.07, 6.45) is 1.83. The van der Waals surface area contributed by atoms with Crippen LogP contribution in [0.2, 0.25) is 0 Å². The molecule has 1 amide bonds. The molecule has 0 saturated carbocycles. The maximum absolute atomic E-state index is 12.0. The van der Waals surface area contributed by atoms with Gasteiger partial charge in [0.2, 0.25) is 5.91 Å². The fourth-order valence-electron chi connectivity index (χ4n) is 1.77. The highest BCUT2D eigenvalue weighted by Gasteiger charge is 2.18. The average Bonchev–Trinajstić information content (AvgIpc) is 2.50. The number of nitrogens with two attached hydrogens (primary N) is 1. The number of rotatable bonds is 9. The quantitative estimate of drug-likeness (QED) is 0.735. The Morgan fingerprint density at radius 3 is 2.27 bits per heavy atom. The van der Waals surface area contributed by atoms with Gasteiger partial charge in [-0.05, 0) is 30.9 Å². The van der Waals surface area contributed by atoms with Crippen LogP contribution in [0.25, 0.3) is 0 Å². The number of carbonyl (C=O) groups is 1. The minimum Gasteiger partial charge on any atom is -0.490 e. The van der Waals surface area contributed by atoms with Gasteiger partial charge in [0, 0.05) is 11.8 Å². The topological polar surface area (TPSA) is 73.6 Å². The van der Waals surface area contributed by atoms with E-state index in [1.807, 2.05) is 26.8 Å². The lowest BCUT2D eigenvalue weighted by Gasteiger charge is -2.17. The Balaban J connectivity index is 2.85. The average molecular weight is 308 g/mol. The van der Waals surface area contributed by atoms with E-state index in [1.165, 1.54) is 0 Å². The lowest BCUT2D eigenvalue weighted by molar-refractivity contribution is -0.118. The lowest BCUT2D eigenvalue weighted by Crippen LogP contribution is -2.39. The Labute approximate surface area is 133 Å². The molecule has 0 aromatic heterocycles. The van der Waals surface area contributed by atoms with Crippen LogP contribution in [-0.2, 0) is 4.79 Å². The molecular weight excluding hydrogens is 280 g/mol. The van der Waals surface area contributed by atoms with Crippen LogP contribution < -0.4 is 20.5 Å². The molecule has 0 fully saturated rings. The molecule has 1 aromatic carbocycles. The number of nitrogens with one attached hydrogen (secondary N) is 1. The van der Waals surface area contributed by atoms with Crippen LogP contribution in [0.15, 0.2) is 18.2 Å². The minimum atomic E-state index is -0.531. The van der Waals surface area contributed by atoms with E-state index in [-0.39, 0.29) is 11.8 Å². The molecule has 1 unspecified atom stereocenters. The maximum atomic E-state index is 12.0. The number of amides is 1. The van der Waals surface area contributed by atoms with Crippen molar-refractivity contribution in [3.8, 4) is 11.5 Å². The molecule has 124 valence electrons. The Bertz CT molecular complexity index is 475. The summed E-state index contributed by atoms with van der Waals surface area (Å²) in [7, 11) is 0. The zero-order chi connectivity index (χ0) is 16.5. The summed E-state index contributed by atoms with van der Waals surface area (Å²) >= 11 is 0. The standard InChI is InChI=1S/C17H28N2O3/c1-5-9-21-14-8-7-13(11-15(14)22-10-6-2)19-17(20)16(18)12(3)4/h7-8,11-12,16H,5-6,9-10,18H2,1-4H3,(H,19,20). The highest BCUT2D eigenvalue weighted by Crippen LogP contribution is 2.31. The van der Waals surface area contributed by atoms with E-state index in [0.717, 1.165) is 12.8 Å². The molecule has 0 aliphatic carbocycles. The molecule has 22 heavy (non-hydrogen) atoms. The SMILES string of the molecule is CCCOc1ccc(NC(=O)C(N)C(C)C)cc1OCCC. The predicted molar refractivity (Wildman–Crippen MR) is 89.5 cm³/mol. The molecule has 0 spiro atoms. The van der Waals surface area contributed by atoms with E-state index in [0.29, 0.717) is 30.4 Å². The monoisotopic (exact) mass is 308 g/mol. The summed E-state index contributed by atoms with van der Waals surface area (Å²) in [6, 6.07) is 4.87. The third-order valence-electron chi connectivity index (χ3n) is 3.16. The van der Waals surface area contributed by atoms with Gasteiger partial charge in [-0.25, -0.2) is 0 Å². The van der Waals surface area contributed by atoms with Crippen molar-refractivity contribution >= 4 is 11.6 Å². The summed E-state index contributed by atoms with van der Waals surface area (Å²) in [5.41, 5.74) is 6.52. The first-order chi connectivity index (χ1) is 10.5. The summed E-state index contributed by atoms with van der Waals surface area (Å²) in [6.45, 7) is 9.16. The number of carbonyl (C=O) groups excluding carboxylic acids is 1. The van der Waals surface area contributed by atoms with Crippen molar-refractivity contribution in [3.05, 3.63) is 18.2 Å². The molecule has 0 bridgehead atoms. The second-order valence-electron chi connectivity index (χ2n) is 5.62. The van der Waals surface area contributed by atoms with Gasteiger partial charge in [-0.2, -0.15) is 0 Å². The molecule has 3 N–H and O–H groups in total. The molecule has 0 radical (unpaired) electrons. The number of ether oxygens (including phenoxy) is 2. The van der Waals surface area contributed by atoms with E-state index in [4.69, 9.17) is 15.2 Å². The highest BCUT2D eigenvalue weighted by molar-refractivity contribution is 5.95. The Hall–Kier alpha value is -1.75. The summed E-state index contributed by atoms with van der Waals surface area (Å²) in [5, 5.41) is 2.82. The van der Waals surface area contributed by atoms with Crippen molar-refractivity contribution in [1.82, 2.24) is 0 Å². The fourth-order valence-corrected chi connectivity index (χ4v) is 1.77. The van der Waals surface area contributed by atoms with Gasteiger partial charge in [0.25, 0.3) is 0 Å². The Morgan fingerprint density at radius 1 is 1.14 bits per heavy atom. The second kappa shape index (κ2) is 9.30. The second-order valence-corrected chi connectivity index (χ2v) is 5.62. The van der Waals surface area contributed by atoms with Crippen molar-refractivity contribution in [2.45, 2.75) is 46.6 Å². The molecule has 5 heteroatoms. The normalized spacial score (nSPS) is 12.1. The van der Waals surface area contributed by atoms with Gasteiger partial charge in [-0.15, -0.1) is 0 Å². The minimum absolute atomic E-state index is 0.0861. The maximum Gasteiger partial charge on any atom is 0.241 e. The van der Waals surface area contributed by atoms with E-state index < -0.39 is 6.04 Å². The Morgan fingerprint density at radius 2 is 1.73 bits per heavy atom. The van der Waals surface area contributed by atoms with Crippen LogP contribution in [0.3, 0.4) is 0 Å². The molecule has 0 heterocycles. The number of hydrogen-bond acceptors (Lipinski definition) is 4. The molecule has 0 aliphatic rings. The molecule has 0 aliphatic heterocycles. The van der Waals surface area contributed by atoms with E-state index >= 15 is 0 Å². The van der Waals surface area contributed by atoms with Crippen molar-refractivity contribution < 1.29 is 14.3 Å². The largest absolute Gasteiger partial charge is 0.490 e. The van der Waals surface area contributed by atoms with Crippen molar-refractivity contribution in [1.29, 1.82) is 0 Å². The molecule has 1 rings (SSSR count). The molecule has 1 aromatic rings.